The number of fused-ring (bicyclic) bond motifs is 1. The molecular formula is C25H18Cl3F2N5O3S. The Morgan fingerprint density at radius 2 is 1.82 bits per heavy atom. The summed E-state index contributed by atoms with van der Waals surface area (Å²) in [4.78, 5) is 39.3. The van der Waals surface area contributed by atoms with Crippen LogP contribution in [0.3, 0.4) is 0 Å². The number of hydrogen-bond acceptors (Lipinski definition) is 5. The van der Waals surface area contributed by atoms with E-state index in [1.165, 1.54) is 12.1 Å². The van der Waals surface area contributed by atoms with Gasteiger partial charge in [-0.25, -0.2) is 8.78 Å². The molecule has 1 aliphatic heterocycles. The third-order valence-corrected chi connectivity index (χ3v) is 8.59. The van der Waals surface area contributed by atoms with E-state index >= 15 is 4.39 Å². The van der Waals surface area contributed by atoms with Crippen LogP contribution >= 0.6 is 46.1 Å². The highest BCUT2D eigenvalue weighted by molar-refractivity contribution is 7.23. The Labute approximate surface area is 239 Å². The van der Waals surface area contributed by atoms with Gasteiger partial charge in [-0.15, -0.1) is 11.3 Å². The van der Waals surface area contributed by atoms with Crippen LogP contribution in [-0.4, -0.2) is 51.2 Å². The van der Waals surface area contributed by atoms with Crippen LogP contribution in [0.15, 0.2) is 42.5 Å². The number of carbonyl (C=O) groups is 3. The van der Waals surface area contributed by atoms with Crippen molar-refractivity contribution in [3.05, 3.63) is 68.4 Å². The summed E-state index contributed by atoms with van der Waals surface area (Å²) in [6, 6.07) is 9.85. The second-order valence-electron chi connectivity index (χ2n) is 8.77. The second-order valence-corrected chi connectivity index (χ2v) is 11.2. The van der Waals surface area contributed by atoms with Crippen molar-refractivity contribution in [3.63, 3.8) is 0 Å². The largest absolute Gasteiger partial charge is 0.364 e. The number of anilines is 1. The molecule has 0 bridgehead atoms. The summed E-state index contributed by atoms with van der Waals surface area (Å²) in [6.07, 6.45) is -1.77. The van der Waals surface area contributed by atoms with Crippen LogP contribution in [0.2, 0.25) is 14.4 Å². The van der Waals surface area contributed by atoms with E-state index in [1.807, 2.05) is 0 Å². The number of halogens is 5. The van der Waals surface area contributed by atoms with Crippen molar-refractivity contribution >= 4 is 79.8 Å². The Morgan fingerprint density at radius 1 is 1.10 bits per heavy atom. The molecule has 202 valence electrons. The number of thiophene rings is 1. The minimum absolute atomic E-state index is 0.0810. The maximum atomic E-state index is 15.4. The van der Waals surface area contributed by atoms with Crippen LogP contribution in [0.25, 0.3) is 21.3 Å². The molecule has 0 aliphatic carbocycles. The van der Waals surface area contributed by atoms with Gasteiger partial charge >= 0.3 is 0 Å². The number of alkyl halides is 1. The molecule has 2 atom stereocenters. The average molecular weight is 613 g/mol. The minimum Gasteiger partial charge on any atom is -0.364 e. The summed E-state index contributed by atoms with van der Waals surface area (Å²) in [7, 11) is 0. The summed E-state index contributed by atoms with van der Waals surface area (Å²) < 4.78 is 31.5. The number of primary amides is 1. The fourth-order valence-corrected chi connectivity index (χ4v) is 6.35. The molecule has 3 amide bonds. The molecule has 0 saturated carbocycles. The zero-order chi connectivity index (χ0) is 28.0. The number of amides is 3. The van der Waals surface area contributed by atoms with Gasteiger partial charge in [0.1, 0.15) is 28.6 Å². The van der Waals surface area contributed by atoms with Gasteiger partial charge in [-0.1, -0.05) is 65.1 Å². The summed E-state index contributed by atoms with van der Waals surface area (Å²) in [6.45, 7) is -0.826. The van der Waals surface area contributed by atoms with E-state index in [9.17, 15) is 18.8 Å². The topological polar surface area (TPSA) is 110 Å². The number of nitrogens with two attached hydrogens (primary N) is 1. The van der Waals surface area contributed by atoms with Crippen molar-refractivity contribution in [2.45, 2.75) is 25.2 Å². The van der Waals surface area contributed by atoms with Crippen molar-refractivity contribution in [1.29, 1.82) is 0 Å². The lowest BCUT2D eigenvalue weighted by atomic mass is 10.0. The number of nitrogens with one attached hydrogen (secondary N) is 1. The van der Waals surface area contributed by atoms with Crippen LogP contribution in [0.4, 0.5) is 14.5 Å². The molecule has 3 N–H and O–H groups in total. The van der Waals surface area contributed by atoms with Crippen LogP contribution in [0.1, 0.15) is 16.9 Å². The van der Waals surface area contributed by atoms with Crippen LogP contribution in [0, 0.1) is 5.82 Å². The van der Waals surface area contributed by atoms with Crippen LogP contribution in [0.5, 0.6) is 0 Å². The Bertz CT molecular complexity index is 1640. The first-order chi connectivity index (χ1) is 18.6. The normalized spacial score (nSPS) is 17.1. The maximum absolute atomic E-state index is 15.4. The summed E-state index contributed by atoms with van der Waals surface area (Å²) in [5.74, 6) is -3.00. The first-order valence-electron chi connectivity index (χ1n) is 11.5. The molecule has 4 aromatic rings. The molecular weight excluding hydrogens is 595 g/mol. The predicted octanol–water partition coefficient (Wildman–Crippen LogP) is 5.54. The molecule has 5 rings (SSSR count). The average Bonchev–Trinajstić information content (AvgIpc) is 3.54. The number of aromatic nitrogens is 2. The zero-order valence-corrected chi connectivity index (χ0v) is 22.8. The Hall–Kier alpha value is -3.25. The Kier molecular flexibility index (Phi) is 7.51. The summed E-state index contributed by atoms with van der Waals surface area (Å²) >= 11 is 19.5. The second kappa shape index (κ2) is 10.7. The van der Waals surface area contributed by atoms with Crippen LogP contribution in [-0.2, 0) is 16.1 Å². The maximum Gasteiger partial charge on any atom is 0.270 e. The Morgan fingerprint density at radius 3 is 2.54 bits per heavy atom. The number of nitrogens with zero attached hydrogens (tertiary/aromatic N) is 3. The lowest BCUT2D eigenvalue weighted by molar-refractivity contribution is -0.137. The van der Waals surface area contributed by atoms with E-state index in [-0.39, 0.29) is 44.8 Å². The van der Waals surface area contributed by atoms with Crippen LogP contribution < -0.4 is 11.1 Å². The molecule has 3 heterocycles. The van der Waals surface area contributed by atoms with E-state index in [0.29, 0.717) is 15.3 Å². The fourth-order valence-electron chi connectivity index (χ4n) is 4.52. The number of likely N-dealkylation sites (tertiary alicyclic amines) is 1. The van der Waals surface area contributed by atoms with Gasteiger partial charge < -0.3 is 16.0 Å². The summed E-state index contributed by atoms with van der Waals surface area (Å²) in [5, 5.41) is 6.96. The van der Waals surface area contributed by atoms with Crippen molar-refractivity contribution < 1.29 is 23.2 Å². The SMILES string of the molecule is NC(=O)c1nn(CC(=O)N2C[C@H](F)C[C@H]2C(=O)Nc2cccc(-c3ccccc3Cl)c2F)c2c(Cl)c(Cl)sc12. The summed E-state index contributed by atoms with van der Waals surface area (Å²) in [5.41, 5.74) is 5.96. The molecule has 1 aliphatic rings. The minimum atomic E-state index is -1.48. The molecule has 2 aromatic heterocycles. The number of rotatable bonds is 6. The van der Waals surface area contributed by atoms with E-state index in [4.69, 9.17) is 40.5 Å². The fraction of sp³-hybridized carbons (Fsp3) is 0.200. The van der Waals surface area contributed by atoms with Gasteiger partial charge in [-0.3, -0.25) is 19.1 Å². The first-order valence-corrected chi connectivity index (χ1v) is 13.4. The van der Waals surface area contributed by atoms with Gasteiger partial charge in [0.15, 0.2) is 11.5 Å². The Balaban J connectivity index is 1.39. The highest BCUT2D eigenvalue weighted by Gasteiger charge is 2.40. The highest BCUT2D eigenvalue weighted by Crippen LogP contribution is 2.40. The number of carbonyl (C=O) groups excluding carboxylic acids is 3. The van der Waals surface area contributed by atoms with Gasteiger partial charge in [0, 0.05) is 22.6 Å². The van der Waals surface area contributed by atoms with E-state index < -0.39 is 42.3 Å². The monoisotopic (exact) mass is 611 g/mol. The zero-order valence-electron chi connectivity index (χ0n) is 19.8. The molecule has 39 heavy (non-hydrogen) atoms. The molecule has 1 saturated heterocycles. The van der Waals surface area contributed by atoms with Crippen molar-refractivity contribution in [2.24, 2.45) is 5.73 Å². The van der Waals surface area contributed by atoms with E-state index in [0.717, 1.165) is 20.9 Å². The quantitative estimate of drug-likeness (QED) is 0.298. The molecule has 0 unspecified atom stereocenters. The third kappa shape index (κ3) is 5.07. The molecule has 14 heteroatoms. The smallest absolute Gasteiger partial charge is 0.270 e. The standard InChI is InChI=1S/C25H18Cl3F2N5O3S/c26-14-6-2-1-4-12(14)13-5-3-7-15(19(13)30)32-25(38)16-8-11(29)9-34(16)17(36)10-35-21-18(27)23(28)39-22(21)20(33-35)24(31)37/h1-7,11,16H,8-10H2,(H2,31,37)(H,32,38)/t11-,16+/m1/s1. The number of hydrogen-bond donors (Lipinski definition) is 2. The molecule has 0 radical (unpaired) electrons. The molecule has 1 fully saturated rings. The third-order valence-electron chi connectivity index (χ3n) is 6.29. The number of benzene rings is 2. The lowest BCUT2D eigenvalue weighted by Gasteiger charge is -2.24. The molecule has 2 aromatic carbocycles. The molecule has 8 nitrogen and oxygen atoms in total. The van der Waals surface area contributed by atoms with Gasteiger partial charge in [0.05, 0.1) is 22.0 Å². The van der Waals surface area contributed by atoms with Crippen molar-refractivity contribution in [3.8, 4) is 11.1 Å². The van der Waals surface area contributed by atoms with E-state index in [2.05, 4.69) is 10.4 Å². The van der Waals surface area contributed by atoms with Gasteiger partial charge in [0.2, 0.25) is 11.8 Å². The lowest BCUT2D eigenvalue weighted by Crippen LogP contribution is -2.44. The molecule has 0 spiro atoms. The van der Waals surface area contributed by atoms with E-state index in [1.54, 1.807) is 30.3 Å². The first kappa shape index (κ1) is 27.3. The van der Waals surface area contributed by atoms with Crippen molar-refractivity contribution in [1.82, 2.24) is 14.7 Å². The van der Waals surface area contributed by atoms with Gasteiger partial charge in [-0.05, 0) is 12.1 Å². The van der Waals surface area contributed by atoms with Crippen molar-refractivity contribution in [2.75, 3.05) is 11.9 Å². The highest BCUT2D eigenvalue weighted by atomic mass is 35.5. The van der Waals surface area contributed by atoms with Gasteiger partial charge in [-0.2, -0.15) is 5.10 Å². The van der Waals surface area contributed by atoms with Gasteiger partial charge in [0.25, 0.3) is 5.91 Å². The predicted molar refractivity (Wildman–Crippen MR) is 147 cm³/mol.